The Labute approximate surface area is 179 Å². The number of nitrogens with zero attached hydrogens (tertiary/aromatic N) is 3. The molecule has 29 heavy (non-hydrogen) atoms. The Morgan fingerprint density at radius 2 is 1.97 bits per heavy atom. The summed E-state index contributed by atoms with van der Waals surface area (Å²) in [5.74, 6) is 1.57. The van der Waals surface area contributed by atoms with Crippen molar-refractivity contribution >= 4 is 23.2 Å². The highest BCUT2D eigenvalue weighted by Gasteiger charge is 2.29. The summed E-state index contributed by atoms with van der Waals surface area (Å²) in [6.45, 7) is 9.88. The highest BCUT2D eigenvalue weighted by Crippen LogP contribution is 2.26. The molecule has 0 bridgehead atoms. The summed E-state index contributed by atoms with van der Waals surface area (Å²) < 4.78 is 0. The van der Waals surface area contributed by atoms with Gasteiger partial charge in [-0.1, -0.05) is 12.8 Å². The van der Waals surface area contributed by atoms with Gasteiger partial charge in [0.1, 0.15) is 0 Å². The quantitative estimate of drug-likeness (QED) is 0.527. The first-order chi connectivity index (χ1) is 14.0. The molecule has 1 aliphatic carbocycles. The summed E-state index contributed by atoms with van der Waals surface area (Å²) in [4.78, 5) is 24.2. The average Bonchev–Trinajstić information content (AvgIpc) is 3.39. The third kappa shape index (κ3) is 6.71. The lowest BCUT2D eigenvalue weighted by molar-refractivity contribution is -0.137. The summed E-state index contributed by atoms with van der Waals surface area (Å²) in [5, 5.41) is 6.93. The van der Waals surface area contributed by atoms with Crippen molar-refractivity contribution in [3.63, 3.8) is 0 Å². The van der Waals surface area contributed by atoms with Gasteiger partial charge in [-0.15, -0.1) is 11.3 Å². The third-order valence-electron chi connectivity index (χ3n) is 6.02. The van der Waals surface area contributed by atoms with Crippen LogP contribution >= 0.6 is 11.3 Å². The van der Waals surface area contributed by atoms with Crippen LogP contribution in [-0.4, -0.2) is 74.0 Å². The third-order valence-corrected chi connectivity index (χ3v) is 7.04. The van der Waals surface area contributed by atoms with Gasteiger partial charge in [0.25, 0.3) is 0 Å². The van der Waals surface area contributed by atoms with Crippen molar-refractivity contribution in [3.8, 4) is 0 Å². The molecule has 0 radical (unpaired) electrons. The Balaban J connectivity index is 1.32. The Morgan fingerprint density at radius 1 is 1.24 bits per heavy atom. The summed E-state index contributed by atoms with van der Waals surface area (Å²) >= 11 is 1.86. The predicted octanol–water partition coefficient (Wildman–Crippen LogP) is 2.49. The van der Waals surface area contributed by atoms with Crippen LogP contribution in [-0.2, 0) is 11.2 Å². The van der Waals surface area contributed by atoms with E-state index in [1.54, 1.807) is 0 Å². The van der Waals surface area contributed by atoms with Crippen molar-refractivity contribution in [1.82, 2.24) is 20.4 Å². The molecule has 1 amide bonds. The molecule has 1 aromatic rings. The standard InChI is InChI=1S/C22H37N5OS/c1-17(16-20-9-8-18(2)29-20)25-22(23-3)24-10-11-26-12-14-27(15-13-26)21(28)19-6-4-5-7-19/h8-9,17,19H,4-7,10-16H2,1-3H3,(H2,23,24,25). The van der Waals surface area contributed by atoms with E-state index in [1.165, 1.54) is 22.6 Å². The van der Waals surface area contributed by atoms with Gasteiger partial charge >= 0.3 is 0 Å². The summed E-state index contributed by atoms with van der Waals surface area (Å²) in [6, 6.07) is 4.73. The Hall–Kier alpha value is -1.60. The van der Waals surface area contributed by atoms with E-state index in [4.69, 9.17) is 0 Å². The van der Waals surface area contributed by atoms with Crippen LogP contribution in [0.4, 0.5) is 0 Å². The molecule has 2 fully saturated rings. The number of carbonyl (C=O) groups excluding carboxylic acids is 1. The Kier molecular flexibility index (Phi) is 8.36. The van der Waals surface area contributed by atoms with Gasteiger partial charge in [-0.05, 0) is 38.8 Å². The van der Waals surface area contributed by atoms with Crippen LogP contribution in [0, 0.1) is 12.8 Å². The minimum atomic E-state index is 0.303. The number of nitrogens with one attached hydrogen (secondary N) is 2. The molecule has 1 aliphatic heterocycles. The molecule has 1 saturated carbocycles. The second-order valence-electron chi connectivity index (χ2n) is 8.41. The number of hydrogen-bond donors (Lipinski definition) is 2. The molecule has 2 aliphatic rings. The number of piperazine rings is 1. The Bertz CT molecular complexity index is 674. The number of guanidine groups is 1. The van der Waals surface area contributed by atoms with Crippen LogP contribution in [0.25, 0.3) is 0 Å². The van der Waals surface area contributed by atoms with E-state index >= 15 is 0 Å². The molecule has 3 rings (SSSR count). The van der Waals surface area contributed by atoms with Gasteiger partial charge in [-0.2, -0.15) is 0 Å². The van der Waals surface area contributed by atoms with Crippen LogP contribution in [0.5, 0.6) is 0 Å². The van der Waals surface area contributed by atoms with Crippen molar-refractivity contribution in [1.29, 1.82) is 0 Å². The van der Waals surface area contributed by atoms with Gasteiger partial charge < -0.3 is 15.5 Å². The van der Waals surface area contributed by atoms with Gasteiger partial charge in [0, 0.05) is 74.5 Å². The minimum absolute atomic E-state index is 0.303. The lowest BCUT2D eigenvalue weighted by Gasteiger charge is -2.36. The molecule has 1 unspecified atom stereocenters. The zero-order valence-electron chi connectivity index (χ0n) is 18.2. The van der Waals surface area contributed by atoms with Gasteiger partial charge in [-0.25, -0.2) is 0 Å². The molecule has 2 heterocycles. The van der Waals surface area contributed by atoms with Crippen molar-refractivity contribution in [2.24, 2.45) is 10.9 Å². The first-order valence-corrected chi connectivity index (χ1v) is 11.9. The van der Waals surface area contributed by atoms with Gasteiger partial charge in [0.2, 0.25) is 5.91 Å². The van der Waals surface area contributed by atoms with Crippen molar-refractivity contribution in [2.75, 3.05) is 46.3 Å². The lowest BCUT2D eigenvalue weighted by Crippen LogP contribution is -2.52. The first kappa shape index (κ1) is 22.1. The molecule has 0 spiro atoms. The lowest BCUT2D eigenvalue weighted by atomic mass is 10.1. The monoisotopic (exact) mass is 419 g/mol. The van der Waals surface area contributed by atoms with Gasteiger partial charge in [-0.3, -0.25) is 14.7 Å². The second kappa shape index (κ2) is 11.0. The fourth-order valence-corrected chi connectivity index (χ4v) is 5.35. The highest BCUT2D eigenvalue weighted by molar-refractivity contribution is 7.11. The summed E-state index contributed by atoms with van der Waals surface area (Å²) in [5.41, 5.74) is 0. The molecular weight excluding hydrogens is 382 g/mol. The van der Waals surface area contributed by atoms with Gasteiger partial charge in [0.05, 0.1) is 0 Å². The maximum Gasteiger partial charge on any atom is 0.225 e. The van der Waals surface area contributed by atoms with E-state index in [0.29, 0.717) is 17.9 Å². The molecule has 6 nitrogen and oxygen atoms in total. The first-order valence-electron chi connectivity index (χ1n) is 11.1. The maximum absolute atomic E-state index is 12.6. The zero-order chi connectivity index (χ0) is 20.6. The molecule has 7 heteroatoms. The molecular formula is C22H37N5OS. The van der Waals surface area contributed by atoms with Crippen LogP contribution in [0.15, 0.2) is 17.1 Å². The minimum Gasteiger partial charge on any atom is -0.355 e. The van der Waals surface area contributed by atoms with Crippen LogP contribution in [0.3, 0.4) is 0 Å². The predicted molar refractivity (Wildman–Crippen MR) is 122 cm³/mol. The van der Waals surface area contributed by atoms with E-state index in [9.17, 15) is 4.79 Å². The Morgan fingerprint density at radius 3 is 2.59 bits per heavy atom. The number of amides is 1. The van der Waals surface area contributed by atoms with Crippen molar-refractivity contribution in [2.45, 2.75) is 52.0 Å². The topological polar surface area (TPSA) is 60.0 Å². The number of hydrogen-bond acceptors (Lipinski definition) is 4. The number of thiophene rings is 1. The zero-order valence-corrected chi connectivity index (χ0v) is 19.1. The highest BCUT2D eigenvalue weighted by atomic mass is 32.1. The molecule has 0 aromatic carbocycles. The largest absolute Gasteiger partial charge is 0.355 e. The summed E-state index contributed by atoms with van der Waals surface area (Å²) in [6.07, 6.45) is 5.65. The van der Waals surface area contributed by atoms with Crippen LogP contribution < -0.4 is 10.6 Å². The fourth-order valence-electron chi connectivity index (χ4n) is 4.33. The summed E-state index contributed by atoms with van der Waals surface area (Å²) in [7, 11) is 1.82. The van der Waals surface area contributed by atoms with E-state index in [2.05, 4.69) is 51.4 Å². The number of aliphatic imine (C=N–C) groups is 1. The van der Waals surface area contributed by atoms with Crippen molar-refractivity contribution < 1.29 is 4.79 Å². The average molecular weight is 420 g/mol. The van der Waals surface area contributed by atoms with E-state index in [0.717, 1.165) is 64.5 Å². The SMILES string of the molecule is CN=C(NCCN1CCN(C(=O)C2CCCC2)CC1)NC(C)Cc1ccc(C)s1. The molecule has 162 valence electrons. The number of aryl methyl sites for hydroxylation is 1. The smallest absolute Gasteiger partial charge is 0.225 e. The fraction of sp³-hybridized carbons (Fsp3) is 0.727. The van der Waals surface area contributed by atoms with Crippen LogP contribution in [0.2, 0.25) is 0 Å². The molecule has 2 N–H and O–H groups in total. The maximum atomic E-state index is 12.6. The molecule has 1 aromatic heterocycles. The van der Waals surface area contributed by atoms with E-state index in [1.807, 2.05) is 18.4 Å². The molecule has 1 saturated heterocycles. The number of rotatable bonds is 7. The van der Waals surface area contributed by atoms with Crippen LogP contribution in [0.1, 0.15) is 42.4 Å². The molecule has 1 atom stereocenters. The van der Waals surface area contributed by atoms with E-state index < -0.39 is 0 Å². The number of carbonyl (C=O) groups is 1. The van der Waals surface area contributed by atoms with Crippen molar-refractivity contribution in [3.05, 3.63) is 21.9 Å². The van der Waals surface area contributed by atoms with Gasteiger partial charge in [0.15, 0.2) is 5.96 Å². The second-order valence-corrected chi connectivity index (χ2v) is 9.78. The van der Waals surface area contributed by atoms with E-state index in [-0.39, 0.29) is 0 Å². The normalized spacial score (nSPS) is 20.1.